The van der Waals surface area contributed by atoms with Gasteiger partial charge in [-0.15, -0.1) is 11.3 Å². The summed E-state index contributed by atoms with van der Waals surface area (Å²) in [5.74, 6) is 0.729. The van der Waals surface area contributed by atoms with Crippen LogP contribution in [0.2, 0.25) is 0 Å². The molecule has 20 heavy (non-hydrogen) atoms. The van der Waals surface area contributed by atoms with Gasteiger partial charge < -0.3 is 16.4 Å². The van der Waals surface area contributed by atoms with E-state index < -0.39 is 0 Å². The molecule has 4 N–H and O–H groups in total. The fraction of sp³-hybridized carbons (Fsp3) is 0.667. The molecule has 0 bridgehead atoms. The minimum Gasteiger partial charge on any atom is -0.397 e. The van der Waals surface area contributed by atoms with Crippen molar-refractivity contribution >= 4 is 27.8 Å². The average molecular weight is 293 g/mol. The summed E-state index contributed by atoms with van der Waals surface area (Å²) in [6.45, 7) is 5.73. The van der Waals surface area contributed by atoms with Gasteiger partial charge >= 0.3 is 0 Å². The summed E-state index contributed by atoms with van der Waals surface area (Å²) in [6, 6.07) is 0.245. The van der Waals surface area contributed by atoms with Gasteiger partial charge in [0.15, 0.2) is 5.78 Å². The van der Waals surface area contributed by atoms with Crippen molar-refractivity contribution in [2.45, 2.75) is 45.1 Å². The molecule has 0 radical (unpaired) electrons. The topological polar surface area (TPSA) is 72.3 Å². The molecule has 1 aliphatic carbocycles. The van der Waals surface area contributed by atoms with Crippen molar-refractivity contribution in [1.82, 2.24) is 0 Å². The summed E-state index contributed by atoms with van der Waals surface area (Å²) in [7, 11) is 0. The molecule has 1 aromatic rings. The van der Waals surface area contributed by atoms with Gasteiger partial charge in [-0.2, -0.15) is 0 Å². The second-order valence-electron chi connectivity index (χ2n) is 6.35. The molecule has 1 unspecified atom stereocenters. The lowest BCUT2D eigenvalue weighted by atomic mass is 10.0. The number of carbonyl (C=O) groups is 1. The van der Waals surface area contributed by atoms with Crippen LogP contribution < -0.4 is 16.4 Å². The summed E-state index contributed by atoms with van der Waals surface area (Å²) in [4.78, 5) is 15.4. The lowest BCUT2D eigenvalue weighted by Crippen LogP contribution is -2.26. The molecule has 110 valence electrons. The van der Waals surface area contributed by atoms with E-state index in [1.54, 1.807) is 11.3 Å². The van der Waals surface area contributed by atoms with E-state index in [2.05, 4.69) is 4.90 Å². The molecule has 1 atom stereocenters. The fourth-order valence-electron chi connectivity index (χ4n) is 2.86. The number of hydrogen-bond donors (Lipinski definition) is 2. The lowest BCUT2D eigenvalue weighted by Gasteiger charge is -2.18. The highest BCUT2D eigenvalue weighted by Gasteiger charge is 2.36. The molecule has 2 heterocycles. The predicted octanol–water partition coefficient (Wildman–Crippen LogP) is 2.58. The standard InChI is InChI=1S/C15H23N3OS/c1-8(2)13(19)14-12(17)11(9-3-4-9)15(20-14)18-6-5-10(16)7-18/h8-10H,3-7,16-17H2,1-2H3. The lowest BCUT2D eigenvalue weighted by molar-refractivity contribution is 0.0944. The zero-order chi connectivity index (χ0) is 14.4. The number of rotatable bonds is 4. The maximum Gasteiger partial charge on any atom is 0.177 e. The van der Waals surface area contributed by atoms with Gasteiger partial charge in [-0.25, -0.2) is 0 Å². The van der Waals surface area contributed by atoms with Gasteiger partial charge in [0, 0.05) is 30.6 Å². The third kappa shape index (κ3) is 2.33. The van der Waals surface area contributed by atoms with Crippen molar-refractivity contribution in [1.29, 1.82) is 0 Å². The number of nitrogens with zero attached hydrogens (tertiary/aromatic N) is 1. The largest absolute Gasteiger partial charge is 0.397 e. The molecule has 1 saturated carbocycles. The molecular formula is C15H23N3OS. The van der Waals surface area contributed by atoms with Crippen molar-refractivity contribution in [3.63, 3.8) is 0 Å². The molecule has 0 aromatic carbocycles. The summed E-state index contributed by atoms with van der Waals surface area (Å²) >= 11 is 1.59. The van der Waals surface area contributed by atoms with Crippen LogP contribution in [-0.2, 0) is 0 Å². The Bertz CT molecular complexity index is 533. The Kier molecular flexibility index (Phi) is 3.50. The van der Waals surface area contributed by atoms with E-state index in [-0.39, 0.29) is 17.7 Å². The number of nitrogens with two attached hydrogens (primary N) is 2. The summed E-state index contributed by atoms with van der Waals surface area (Å²) < 4.78 is 0. The van der Waals surface area contributed by atoms with Gasteiger partial charge in [0.25, 0.3) is 0 Å². The first kappa shape index (κ1) is 13.9. The van der Waals surface area contributed by atoms with E-state index in [4.69, 9.17) is 11.5 Å². The minimum absolute atomic E-state index is 0.00307. The van der Waals surface area contributed by atoms with E-state index in [0.29, 0.717) is 5.92 Å². The molecule has 1 saturated heterocycles. The molecule has 3 rings (SSSR count). The molecule has 2 fully saturated rings. The van der Waals surface area contributed by atoms with Crippen molar-refractivity contribution in [2.75, 3.05) is 23.7 Å². The smallest absolute Gasteiger partial charge is 0.177 e. The molecule has 2 aliphatic rings. The van der Waals surface area contributed by atoms with E-state index in [1.807, 2.05) is 13.8 Å². The van der Waals surface area contributed by atoms with Gasteiger partial charge in [-0.1, -0.05) is 13.8 Å². The normalized spacial score (nSPS) is 22.8. The van der Waals surface area contributed by atoms with Crippen LogP contribution in [0.4, 0.5) is 10.7 Å². The molecule has 0 amide bonds. The monoisotopic (exact) mass is 293 g/mol. The van der Waals surface area contributed by atoms with Crippen LogP contribution in [-0.4, -0.2) is 24.9 Å². The number of thiophene rings is 1. The van der Waals surface area contributed by atoms with E-state index in [9.17, 15) is 4.79 Å². The van der Waals surface area contributed by atoms with E-state index in [1.165, 1.54) is 23.4 Å². The van der Waals surface area contributed by atoms with E-state index in [0.717, 1.165) is 30.1 Å². The maximum absolute atomic E-state index is 12.3. The first-order valence-electron chi connectivity index (χ1n) is 7.46. The Balaban J connectivity index is 2.00. The Morgan fingerprint density at radius 1 is 1.35 bits per heavy atom. The number of hydrogen-bond acceptors (Lipinski definition) is 5. The molecule has 1 aliphatic heterocycles. The molecule has 5 heteroatoms. The summed E-state index contributed by atoms with van der Waals surface area (Å²) in [6.07, 6.45) is 3.42. The van der Waals surface area contributed by atoms with Crippen molar-refractivity contribution < 1.29 is 4.79 Å². The Morgan fingerprint density at radius 3 is 2.55 bits per heavy atom. The summed E-state index contributed by atoms with van der Waals surface area (Å²) in [5.41, 5.74) is 14.3. The van der Waals surface area contributed by atoms with Gasteiger partial charge in [-0.05, 0) is 25.2 Å². The second kappa shape index (κ2) is 5.04. The van der Waals surface area contributed by atoms with Gasteiger partial charge in [0.05, 0.1) is 15.6 Å². The number of carbonyl (C=O) groups excluding carboxylic acids is 1. The van der Waals surface area contributed by atoms with Crippen LogP contribution >= 0.6 is 11.3 Å². The quantitative estimate of drug-likeness (QED) is 0.837. The van der Waals surface area contributed by atoms with Gasteiger partial charge in [0.1, 0.15) is 0 Å². The Morgan fingerprint density at radius 2 is 2.05 bits per heavy atom. The molecule has 4 nitrogen and oxygen atoms in total. The second-order valence-corrected chi connectivity index (χ2v) is 7.35. The third-order valence-electron chi connectivity index (χ3n) is 4.21. The highest BCUT2D eigenvalue weighted by Crippen LogP contribution is 2.52. The number of nitrogen functional groups attached to an aromatic ring is 1. The van der Waals surface area contributed by atoms with Gasteiger partial charge in [-0.3, -0.25) is 4.79 Å². The van der Waals surface area contributed by atoms with Crippen molar-refractivity contribution in [3.05, 3.63) is 10.4 Å². The number of ketones is 1. The number of Topliss-reactive ketones (excluding diaryl/α,β-unsaturated/α-hetero) is 1. The first-order valence-corrected chi connectivity index (χ1v) is 8.27. The van der Waals surface area contributed by atoms with Crippen LogP contribution in [0.3, 0.4) is 0 Å². The highest BCUT2D eigenvalue weighted by atomic mass is 32.1. The number of anilines is 2. The van der Waals surface area contributed by atoms with Crippen LogP contribution in [0.5, 0.6) is 0 Å². The minimum atomic E-state index is -0.00307. The fourth-order valence-corrected chi connectivity index (χ4v) is 4.29. The molecule has 0 spiro atoms. The SMILES string of the molecule is CC(C)C(=O)c1sc(N2CCC(N)C2)c(C2CC2)c1N. The maximum atomic E-state index is 12.3. The van der Waals surface area contributed by atoms with Crippen LogP contribution in [0.1, 0.15) is 54.3 Å². The molecule has 1 aromatic heterocycles. The first-order chi connectivity index (χ1) is 9.49. The molecular weight excluding hydrogens is 270 g/mol. The average Bonchev–Trinajstić information content (AvgIpc) is 3.05. The van der Waals surface area contributed by atoms with Crippen molar-refractivity contribution in [3.8, 4) is 0 Å². The van der Waals surface area contributed by atoms with Crippen LogP contribution in [0.15, 0.2) is 0 Å². The zero-order valence-corrected chi connectivity index (χ0v) is 13.0. The van der Waals surface area contributed by atoms with Crippen LogP contribution in [0.25, 0.3) is 0 Å². The predicted molar refractivity (Wildman–Crippen MR) is 84.7 cm³/mol. The highest BCUT2D eigenvalue weighted by molar-refractivity contribution is 7.19. The Hall–Kier alpha value is -1.07. The Labute approximate surface area is 124 Å². The van der Waals surface area contributed by atoms with E-state index >= 15 is 0 Å². The summed E-state index contributed by atoms with van der Waals surface area (Å²) in [5, 5.41) is 1.21. The van der Waals surface area contributed by atoms with Crippen LogP contribution in [0, 0.1) is 5.92 Å². The zero-order valence-electron chi connectivity index (χ0n) is 12.2. The van der Waals surface area contributed by atoms with Gasteiger partial charge in [0.2, 0.25) is 0 Å². The van der Waals surface area contributed by atoms with Crippen molar-refractivity contribution in [2.24, 2.45) is 11.7 Å². The third-order valence-corrected chi connectivity index (χ3v) is 5.51.